The minimum absolute atomic E-state index is 0.112. The predicted molar refractivity (Wildman–Crippen MR) is 213 cm³/mol. The van der Waals surface area contributed by atoms with Crippen LogP contribution in [0.1, 0.15) is 232 Å². The first-order valence-corrected chi connectivity index (χ1v) is 21.5. The lowest BCUT2D eigenvalue weighted by Gasteiger charge is -2.07. The lowest BCUT2D eigenvalue weighted by atomic mass is 10.0. The third kappa shape index (κ3) is 40.6. The van der Waals surface area contributed by atoms with Crippen LogP contribution in [0.2, 0.25) is 0 Å². The molecule has 48 heavy (non-hydrogen) atoms. The SMILES string of the molecule is CCCCCCCCC=CCCCCCCCC(=O)NCCNC(=O)CCCCCCCC=CCCCCCCCCCCCCCC. The van der Waals surface area contributed by atoms with Crippen LogP contribution in [0.4, 0.5) is 0 Å². The first-order valence-electron chi connectivity index (χ1n) is 21.5. The highest BCUT2D eigenvalue weighted by molar-refractivity contribution is 5.77. The second kappa shape index (κ2) is 41.6. The zero-order chi connectivity index (χ0) is 34.9. The van der Waals surface area contributed by atoms with Gasteiger partial charge in [0.25, 0.3) is 0 Å². The van der Waals surface area contributed by atoms with Crippen LogP contribution in [0, 0.1) is 0 Å². The summed E-state index contributed by atoms with van der Waals surface area (Å²) < 4.78 is 0. The Bertz CT molecular complexity index is 717. The van der Waals surface area contributed by atoms with Crippen molar-refractivity contribution < 1.29 is 9.59 Å². The lowest BCUT2D eigenvalue weighted by Crippen LogP contribution is -2.34. The van der Waals surface area contributed by atoms with Crippen molar-refractivity contribution >= 4 is 11.8 Å². The minimum Gasteiger partial charge on any atom is -0.354 e. The molecule has 4 heteroatoms. The zero-order valence-corrected chi connectivity index (χ0v) is 32.6. The summed E-state index contributed by atoms with van der Waals surface area (Å²) in [5, 5.41) is 5.90. The van der Waals surface area contributed by atoms with E-state index in [2.05, 4.69) is 48.8 Å². The summed E-state index contributed by atoms with van der Waals surface area (Å²) in [6.07, 6.45) is 52.4. The number of allylic oxidation sites excluding steroid dienone is 4. The Morgan fingerprint density at radius 2 is 0.562 bits per heavy atom. The molecule has 0 aromatic rings. The molecule has 2 N–H and O–H groups in total. The van der Waals surface area contributed by atoms with E-state index < -0.39 is 0 Å². The van der Waals surface area contributed by atoms with Gasteiger partial charge in [-0.2, -0.15) is 0 Å². The van der Waals surface area contributed by atoms with Crippen LogP contribution in [-0.4, -0.2) is 24.9 Å². The highest BCUT2D eigenvalue weighted by atomic mass is 16.2. The molecule has 282 valence electrons. The standard InChI is InChI=1S/C44H84N2O2/c1-3-5-7-9-11-13-15-17-19-20-21-22-23-24-26-28-30-32-34-36-38-40-44(48)46-42-41-45-43(47)39-37-35-33-31-29-27-25-18-16-14-12-10-8-6-4-2/h18,24-26H,3-17,19-23,27-42H2,1-2H3,(H,45,47)(H,46,48). The largest absolute Gasteiger partial charge is 0.354 e. The highest BCUT2D eigenvalue weighted by Crippen LogP contribution is 2.14. The third-order valence-electron chi connectivity index (χ3n) is 9.60. The minimum atomic E-state index is 0.112. The molecule has 0 aromatic carbocycles. The van der Waals surface area contributed by atoms with Gasteiger partial charge >= 0.3 is 0 Å². The quantitative estimate of drug-likeness (QED) is 0.0504. The van der Waals surface area contributed by atoms with Crippen molar-refractivity contribution in [1.82, 2.24) is 10.6 Å². The van der Waals surface area contributed by atoms with E-state index in [1.807, 2.05) is 0 Å². The summed E-state index contributed by atoms with van der Waals surface area (Å²) in [5.41, 5.74) is 0. The predicted octanol–water partition coefficient (Wildman–Crippen LogP) is 13.6. The summed E-state index contributed by atoms with van der Waals surface area (Å²) in [5.74, 6) is 0.225. The van der Waals surface area contributed by atoms with Crippen LogP contribution in [0.25, 0.3) is 0 Å². The number of nitrogens with one attached hydrogen (secondary N) is 2. The van der Waals surface area contributed by atoms with E-state index in [0.29, 0.717) is 25.9 Å². The van der Waals surface area contributed by atoms with Gasteiger partial charge in [-0.3, -0.25) is 9.59 Å². The molecule has 0 radical (unpaired) electrons. The van der Waals surface area contributed by atoms with Crippen molar-refractivity contribution in [3.05, 3.63) is 24.3 Å². The lowest BCUT2D eigenvalue weighted by molar-refractivity contribution is -0.123. The van der Waals surface area contributed by atoms with E-state index in [9.17, 15) is 9.59 Å². The normalized spacial score (nSPS) is 11.6. The Balaban J connectivity index is 3.32. The Kier molecular flexibility index (Phi) is 40.2. The highest BCUT2D eigenvalue weighted by Gasteiger charge is 2.03. The van der Waals surface area contributed by atoms with Gasteiger partial charge in [0.15, 0.2) is 0 Å². The molecule has 0 rings (SSSR count). The molecule has 0 fully saturated rings. The van der Waals surface area contributed by atoms with Gasteiger partial charge in [-0.15, -0.1) is 0 Å². The maximum absolute atomic E-state index is 12.1. The summed E-state index contributed by atoms with van der Waals surface area (Å²) in [7, 11) is 0. The first kappa shape index (κ1) is 46.4. The van der Waals surface area contributed by atoms with Crippen LogP contribution >= 0.6 is 0 Å². The maximum Gasteiger partial charge on any atom is 0.220 e. The smallest absolute Gasteiger partial charge is 0.220 e. The zero-order valence-electron chi connectivity index (χ0n) is 32.6. The molecule has 0 heterocycles. The molecular formula is C44H84N2O2. The summed E-state index contributed by atoms with van der Waals surface area (Å²) in [6, 6.07) is 0. The van der Waals surface area contributed by atoms with Gasteiger partial charge in [-0.1, -0.05) is 179 Å². The molecule has 0 unspecified atom stereocenters. The second-order valence-corrected chi connectivity index (χ2v) is 14.5. The number of carbonyl (C=O) groups is 2. The molecule has 4 nitrogen and oxygen atoms in total. The molecule has 0 atom stereocenters. The van der Waals surface area contributed by atoms with Crippen LogP contribution in [0.15, 0.2) is 24.3 Å². The molecule has 0 aliphatic rings. The Hall–Kier alpha value is -1.58. The van der Waals surface area contributed by atoms with Gasteiger partial charge in [0.1, 0.15) is 0 Å². The topological polar surface area (TPSA) is 58.2 Å². The van der Waals surface area contributed by atoms with Crippen LogP contribution in [0.3, 0.4) is 0 Å². The third-order valence-corrected chi connectivity index (χ3v) is 9.60. The van der Waals surface area contributed by atoms with Crippen molar-refractivity contribution in [2.45, 2.75) is 232 Å². The van der Waals surface area contributed by atoms with Crippen LogP contribution in [-0.2, 0) is 9.59 Å². The molecule has 0 aliphatic heterocycles. The molecule has 0 aliphatic carbocycles. The van der Waals surface area contributed by atoms with Crippen molar-refractivity contribution in [2.75, 3.05) is 13.1 Å². The molecular weight excluding hydrogens is 588 g/mol. The van der Waals surface area contributed by atoms with Gasteiger partial charge in [-0.05, 0) is 64.2 Å². The van der Waals surface area contributed by atoms with E-state index in [4.69, 9.17) is 0 Å². The maximum atomic E-state index is 12.1. The molecule has 0 saturated heterocycles. The average molecular weight is 673 g/mol. The van der Waals surface area contributed by atoms with Crippen LogP contribution < -0.4 is 10.6 Å². The van der Waals surface area contributed by atoms with Crippen molar-refractivity contribution in [3.8, 4) is 0 Å². The van der Waals surface area contributed by atoms with Gasteiger partial charge in [0.05, 0.1) is 0 Å². The molecule has 0 spiro atoms. The van der Waals surface area contributed by atoms with E-state index in [1.165, 1.54) is 180 Å². The number of amides is 2. The number of unbranched alkanes of at least 4 members (excludes halogenated alkanes) is 28. The fourth-order valence-corrected chi connectivity index (χ4v) is 6.35. The number of carbonyl (C=O) groups excluding carboxylic acids is 2. The number of hydrogen-bond donors (Lipinski definition) is 2. The first-order chi connectivity index (χ1) is 23.7. The average Bonchev–Trinajstić information content (AvgIpc) is 3.09. The van der Waals surface area contributed by atoms with Crippen molar-refractivity contribution in [1.29, 1.82) is 0 Å². The van der Waals surface area contributed by atoms with E-state index in [-0.39, 0.29) is 11.8 Å². The number of rotatable bonds is 39. The second-order valence-electron chi connectivity index (χ2n) is 14.5. The van der Waals surface area contributed by atoms with Gasteiger partial charge in [0.2, 0.25) is 11.8 Å². The molecule has 0 bridgehead atoms. The number of hydrogen-bond acceptors (Lipinski definition) is 2. The summed E-state index contributed by atoms with van der Waals surface area (Å²) in [6.45, 7) is 5.62. The van der Waals surface area contributed by atoms with Crippen LogP contribution in [0.5, 0.6) is 0 Å². The van der Waals surface area contributed by atoms with Crippen molar-refractivity contribution in [3.63, 3.8) is 0 Å². The van der Waals surface area contributed by atoms with Gasteiger partial charge < -0.3 is 10.6 Å². The Labute approximate surface area is 300 Å². The summed E-state index contributed by atoms with van der Waals surface area (Å²) in [4.78, 5) is 24.1. The fraction of sp³-hybridized carbons (Fsp3) is 0.864. The van der Waals surface area contributed by atoms with Crippen molar-refractivity contribution in [2.24, 2.45) is 0 Å². The van der Waals surface area contributed by atoms with E-state index in [1.54, 1.807) is 0 Å². The summed E-state index contributed by atoms with van der Waals surface area (Å²) >= 11 is 0. The van der Waals surface area contributed by atoms with E-state index >= 15 is 0 Å². The van der Waals surface area contributed by atoms with Gasteiger partial charge in [0, 0.05) is 25.9 Å². The monoisotopic (exact) mass is 673 g/mol. The fourth-order valence-electron chi connectivity index (χ4n) is 6.35. The Morgan fingerprint density at radius 1 is 0.333 bits per heavy atom. The molecule has 0 aromatic heterocycles. The molecule has 0 saturated carbocycles. The van der Waals surface area contributed by atoms with Gasteiger partial charge in [-0.25, -0.2) is 0 Å². The van der Waals surface area contributed by atoms with E-state index in [0.717, 1.165) is 25.7 Å². The Morgan fingerprint density at radius 3 is 0.833 bits per heavy atom. The molecule has 2 amide bonds.